The van der Waals surface area contributed by atoms with E-state index in [0.717, 1.165) is 18.8 Å². The van der Waals surface area contributed by atoms with Crippen LogP contribution in [0.1, 0.15) is 31.9 Å². The van der Waals surface area contributed by atoms with Crippen LogP contribution in [0.25, 0.3) is 6.08 Å². The molecular formula is C13H19NO. The lowest BCUT2D eigenvalue weighted by Gasteiger charge is -2.11. The molecule has 0 bridgehead atoms. The highest BCUT2D eigenvalue weighted by Gasteiger charge is 2.39. The van der Waals surface area contributed by atoms with Gasteiger partial charge in [-0.15, -0.1) is 0 Å². The first-order chi connectivity index (χ1) is 7.35. The maximum atomic E-state index is 5.20. The second-order valence-electron chi connectivity index (χ2n) is 4.40. The largest absolute Gasteiger partial charge is 0.465 e. The van der Waals surface area contributed by atoms with Gasteiger partial charge in [-0.2, -0.15) is 0 Å². The van der Waals surface area contributed by atoms with Crippen molar-refractivity contribution in [2.24, 2.45) is 5.41 Å². The molecule has 1 fully saturated rings. The molecule has 2 nitrogen and oxygen atoms in total. The Balaban J connectivity index is 1.63. The van der Waals surface area contributed by atoms with Crippen LogP contribution >= 0.6 is 0 Å². The lowest BCUT2D eigenvalue weighted by atomic mass is 10.0. The highest BCUT2D eigenvalue weighted by Crippen LogP contribution is 2.47. The fourth-order valence-corrected chi connectivity index (χ4v) is 1.81. The Morgan fingerprint density at radius 3 is 3.00 bits per heavy atom. The van der Waals surface area contributed by atoms with Crippen LogP contribution in [0.3, 0.4) is 0 Å². The van der Waals surface area contributed by atoms with Crippen LogP contribution in [-0.2, 0) is 0 Å². The number of hydrogen-bond donors (Lipinski definition) is 1. The molecule has 1 N–H and O–H groups in total. The van der Waals surface area contributed by atoms with Gasteiger partial charge in [0.05, 0.1) is 6.26 Å². The lowest BCUT2D eigenvalue weighted by Crippen LogP contribution is -2.23. The Labute approximate surface area is 91.4 Å². The monoisotopic (exact) mass is 205 g/mol. The quantitative estimate of drug-likeness (QED) is 0.722. The molecule has 0 saturated heterocycles. The van der Waals surface area contributed by atoms with Crippen molar-refractivity contribution in [1.82, 2.24) is 5.32 Å². The van der Waals surface area contributed by atoms with Crippen molar-refractivity contribution >= 4 is 6.08 Å². The van der Waals surface area contributed by atoms with Crippen LogP contribution in [0, 0.1) is 5.41 Å². The fraction of sp³-hybridized carbons (Fsp3) is 0.538. The van der Waals surface area contributed by atoms with Crippen LogP contribution in [0.4, 0.5) is 0 Å². The summed E-state index contributed by atoms with van der Waals surface area (Å²) in [5, 5.41) is 3.47. The van der Waals surface area contributed by atoms with Gasteiger partial charge in [0.25, 0.3) is 0 Å². The SMILES string of the molecule is CCC1(CNC/C=C/c2ccco2)CC1. The molecule has 2 heteroatoms. The van der Waals surface area contributed by atoms with Gasteiger partial charge in [-0.05, 0) is 42.9 Å². The minimum Gasteiger partial charge on any atom is -0.465 e. The van der Waals surface area contributed by atoms with Crippen molar-refractivity contribution in [3.8, 4) is 0 Å². The molecule has 1 heterocycles. The zero-order valence-electron chi connectivity index (χ0n) is 9.33. The molecule has 0 atom stereocenters. The Hall–Kier alpha value is -1.02. The van der Waals surface area contributed by atoms with E-state index in [2.05, 4.69) is 18.3 Å². The summed E-state index contributed by atoms with van der Waals surface area (Å²) in [6.07, 6.45) is 9.94. The van der Waals surface area contributed by atoms with E-state index < -0.39 is 0 Å². The van der Waals surface area contributed by atoms with E-state index in [0.29, 0.717) is 5.41 Å². The predicted molar refractivity (Wildman–Crippen MR) is 62.6 cm³/mol. The molecule has 0 radical (unpaired) electrons. The summed E-state index contributed by atoms with van der Waals surface area (Å²) in [7, 11) is 0. The molecule has 0 unspecified atom stereocenters. The summed E-state index contributed by atoms with van der Waals surface area (Å²) >= 11 is 0. The van der Waals surface area contributed by atoms with Crippen molar-refractivity contribution in [1.29, 1.82) is 0 Å². The summed E-state index contributed by atoms with van der Waals surface area (Å²) in [5.41, 5.74) is 0.637. The maximum absolute atomic E-state index is 5.20. The van der Waals surface area contributed by atoms with Gasteiger partial charge < -0.3 is 9.73 Å². The Morgan fingerprint density at radius 1 is 1.53 bits per heavy atom. The topological polar surface area (TPSA) is 25.2 Å². The third-order valence-corrected chi connectivity index (χ3v) is 3.29. The fourth-order valence-electron chi connectivity index (χ4n) is 1.81. The van der Waals surface area contributed by atoms with Crippen molar-refractivity contribution < 1.29 is 4.42 Å². The molecule has 15 heavy (non-hydrogen) atoms. The molecule has 0 aliphatic heterocycles. The van der Waals surface area contributed by atoms with Crippen LogP contribution in [-0.4, -0.2) is 13.1 Å². The minimum absolute atomic E-state index is 0.637. The second-order valence-corrected chi connectivity index (χ2v) is 4.40. The average molecular weight is 205 g/mol. The number of hydrogen-bond acceptors (Lipinski definition) is 2. The predicted octanol–water partition coefficient (Wildman–Crippen LogP) is 3.07. The van der Waals surface area contributed by atoms with E-state index in [1.807, 2.05) is 18.2 Å². The molecule has 2 rings (SSSR count). The van der Waals surface area contributed by atoms with Gasteiger partial charge in [-0.25, -0.2) is 0 Å². The van der Waals surface area contributed by atoms with Gasteiger partial charge in [-0.3, -0.25) is 0 Å². The Morgan fingerprint density at radius 2 is 2.40 bits per heavy atom. The zero-order chi connectivity index (χ0) is 10.6. The highest BCUT2D eigenvalue weighted by molar-refractivity contribution is 5.42. The highest BCUT2D eigenvalue weighted by atomic mass is 16.3. The van der Waals surface area contributed by atoms with Gasteiger partial charge >= 0.3 is 0 Å². The molecule has 0 amide bonds. The number of rotatable bonds is 6. The molecule has 1 aromatic rings. The van der Waals surface area contributed by atoms with E-state index in [1.165, 1.54) is 19.3 Å². The first-order valence-electron chi connectivity index (χ1n) is 5.75. The molecule has 1 saturated carbocycles. The van der Waals surface area contributed by atoms with Crippen molar-refractivity contribution in [2.75, 3.05) is 13.1 Å². The van der Waals surface area contributed by atoms with Gasteiger partial charge in [-0.1, -0.05) is 13.0 Å². The van der Waals surface area contributed by atoms with Crippen molar-refractivity contribution in [3.05, 3.63) is 30.2 Å². The molecule has 1 aliphatic carbocycles. The smallest absolute Gasteiger partial charge is 0.126 e. The summed E-state index contributed by atoms with van der Waals surface area (Å²) in [6.45, 7) is 4.38. The van der Waals surface area contributed by atoms with Crippen LogP contribution in [0.2, 0.25) is 0 Å². The molecule has 82 valence electrons. The van der Waals surface area contributed by atoms with Gasteiger partial charge in [0.15, 0.2) is 0 Å². The standard InChI is InChI=1S/C13H19NO/c1-2-13(7-8-13)11-14-9-3-5-12-6-4-10-15-12/h3-6,10,14H,2,7-9,11H2,1H3/b5-3+. The van der Waals surface area contributed by atoms with Gasteiger partial charge in [0.1, 0.15) is 5.76 Å². The van der Waals surface area contributed by atoms with E-state index >= 15 is 0 Å². The van der Waals surface area contributed by atoms with Crippen molar-refractivity contribution in [3.63, 3.8) is 0 Å². The van der Waals surface area contributed by atoms with E-state index in [-0.39, 0.29) is 0 Å². The van der Waals surface area contributed by atoms with Crippen LogP contribution < -0.4 is 5.32 Å². The summed E-state index contributed by atoms with van der Waals surface area (Å²) in [5.74, 6) is 0.924. The molecule has 0 spiro atoms. The van der Waals surface area contributed by atoms with E-state index in [9.17, 15) is 0 Å². The molecule has 1 aromatic heterocycles. The average Bonchev–Trinajstić information content (AvgIpc) is 2.85. The normalized spacial score (nSPS) is 18.5. The second kappa shape index (κ2) is 4.67. The first kappa shape index (κ1) is 10.5. The molecular weight excluding hydrogens is 186 g/mol. The van der Waals surface area contributed by atoms with Crippen LogP contribution in [0.15, 0.2) is 28.9 Å². The van der Waals surface area contributed by atoms with Crippen LogP contribution in [0.5, 0.6) is 0 Å². The summed E-state index contributed by atoms with van der Waals surface area (Å²) in [6, 6.07) is 3.87. The summed E-state index contributed by atoms with van der Waals surface area (Å²) in [4.78, 5) is 0. The Kier molecular flexibility index (Phi) is 3.27. The van der Waals surface area contributed by atoms with Gasteiger partial charge in [0, 0.05) is 13.1 Å². The Bertz CT molecular complexity index is 309. The third-order valence-electron chi connectivity index (χ3n) is 3.29. The molecule has 1 aliphatic rings. The number of nitrogens with one attached hydrogen (secondary N) is 1. The van der Waals surface area contributed by atoms with Gasteiger partial charge in [0.2, 0.25) is 0 Å². The minimum atomic E-state index is 0.637. The lowest BCUT2D eigenvalue weighted by molar-refractivity contribution is 0.456. The van der Waals surface area contributed by atoms with Crippen molar-refractivity contribution in [2.45, 2.75) is 26.2 Å². The van der Waals surface area contributed by atoms with E-state index in [1.54, 1.807) is 6.26 Å². The van der Waals surface area contributed by atoms with E-state index in [4.69, 9.17) is 4.42 Å². The summed E-state index contributed by atoms with van der Waals surface area (Å²) < 4.78 is 5.20. The number of furan rings is 1. The molecule has 0 aromatic carbocycles. The first-order valence-corrected chi connectivity index (χ1v) is 5.75. The zero-order valence-corrected chi connectivity index (χ0v) is 9.33. The maximum Gasteiger partial charge on any atom is 0.126 e. The third kappa shape index (κ3) is 2.96.